The van der Waals surface area contributed by atoms with E-state index in [0.29, 0.717) is 5.88 Å². The van der Waals surface area contributed by atoms with Gasteiger partial charge in [0, 0.05) is 38.6 Å². The fraction of sp³-hybridized carbons (Fsp3) is 1.00. The Balaban J connectivity index is 1.91. The number of rotatable bonds is 5. The van der Waals surface area contributed by atoms with Crippen molar-refractivity contribution in [3.05, 3.63) is 0 Å². The molecule has 1 rings (SSSR count). The summed E-state index contributed by atoms with van der Waals surface area (Å²) < 4.78 is 5.24. The monoisotopic (exact) mass is 192 g/mol. The van der Waals surface area contributed by atoms with Crippen molar-refractivity contribution in [2.75, 3.05) is 51.8 Å². The lowest BCUT2D eigenvalue weighted by Gasteiger charge is -2.26. The first-order valence-electron chi connectivity index (χ1n) is 4.50. The second-order valence-electron chi connectivity index (χ2n) is 2.89. The van der Waals surface area contributed by atoms with Crippen molar-refractivity contribution < 1.29 is 4.74 Å². The minimum atomic E-state index is 0.698. The van der Waals surface area contributed by atoms with E-state index in [2.05, 4.69) is 10.2 Å². The number of alkyl halides is 1. The normalized spacial score (nSPS) is 19.8. The van der Waals surface area contributed by atoms with Gasteiger partial charge in [0.15, 0.2) is 0 Å². The molecule has 0 aromatic carbocycles. The molecular weight excluding hydrogens is 176 g/mol. The molecule has 4 heteroatoms. The van der Waals surface area contributed by atoms with Crippen LogP contribution in [0.3, 0.4) is 0 Å². The van der Waals surface area contributed by atoms with Crippen LogP contribution in [-0.2, 0) is 4.74 Å². The predicted octanol–water partition coefficient (Wildman–Crippen LogP) is 0.147. The number of nitrogens with one attached hydrogen (secondary N) is 1. The highest BCUT2D eigenvalue weighted by atomic mass is 35.5. The largest absolute Gasteiger partial charge is 0.379 e. The third kappa shape index (κ3) is 4.26. The summed E-state index contributed by atoms with van der Waals surface area (Å²) in [5, 5.41) is 3.27. The molecule has 0 aliphatic carbocycles. The average molecular weight is 193 g/mol. The van der Waals surface area contributed by atoms with Gasteiger partial charge in [-0.15, -0.1) is 11.6 Å². The van der Waals surface area contributed by atoms with Crippen LogP contribution in [0.4, 0.5) is 0 Å². The van der Waals surface area contributed by atoms with Crippen LogP contribution in [0.1, 0.15) is 0 Å². The van der Waals surface area contributed by atoms with Crippen molar-refractivity contribution >= 4 is 11.6 Å². The van der Waals surface area contributed by atoms with Gasteiger partial charge in [0.2, 0.25) is 0 Å². The number of morpholine rings is 1. The number of nitrogens with zero attached hydrogens (tertiary/aromatic N) is 1. The van der Waals surface area contributed by atoms with Gasteiger partial charge in [0.25, 0.3) is 0 Å². The molecule has 0 saturated carbocycles. The van der Waals surface area contributed by atoms with Gasteiger partial charge in [0.1, 0.15) is 0 Å². The van der Waals surface area contributed by atoms with E-state index in [1.165, 1.54) is 0 Å². The number of hydrogen-bond donors (Lipinski definition) is 1. The van der Waals surface area contributed by atoms with E-state index in [-0.39, 0.29) is 0 Å². The van der Waals surface area contributed by atoms with E-state index >= 15 is 0 Å². The summed E-state index contributed by atoms with van der Waals surface area (Å²) in [7, 11) is 0. The van der Waals surface area contributed by atoms with Gasteiger partial charge < -0.3 is 10.1 Å². The lowest BCUT2D eigenvalue weighted by Crippen LogP contribution is -2.40. The second kappa shape index (κ2) is 6.66. The quantitative estimate of drug-likeness (QED) is 0.496. The van der Waals surface area contributed by atoms with Gasteiger partial charge in [-0.3, -0.25) is 4.90 Å². The highest BCUT2D eigenvalue weighted by molar-refractivity contribution is 6.18. The summed E-state index contributed by atoms with van der Waals surface area (Å²) in [6, 6.07) is 0. The number of ether oxygens (including phenoxy) is 1. The van der Waals surface area contributed by atoms with Gasteiger partial charge in [-0.25, -0.2) is 0 Å². The van der Waals surface area contributed by atoms with Crippen LogP contribution in [0.2, 0.25) is 0 Å². The van der Waals surface area contributed by atoms with Crippen molar-refractivity contribution in [2.24, 2.45) is 0 Å². The minimum absolute atomic E-state index is 0.698. The van der Waals surface area contributed by atoms with Crippen LogP contribution >= 0.6 is 11.6 Å². The number of halogens is 1. The third-order valence-electron chi connectivity index (χ3n) is 1.98. The molecule has 1 aliphatic rings. The van der Waals surface area contributed by atoms with E-state index in [9.17, 15) is 0 Å². The zero-order chi connectivity index (χ0) is 8.65. The topological polar surface area (TPSA) is 24.5 Å². The Hall–Kier alpha value is 0.170. The van der Waals surface area contributed by atoms with Gasteiger partial charge >= 0.3 is 0 Å². The van der Waals surface area contributed by atoms with Crippen LogP contribution in [0.15, 0.2) is 0 Å². The maximum absolute atomic E-state index is 5.53. The predicted molar refractivity (Wildman–Crippen MR) is 50.8 cm³/mol. The Morgan fingerprint density at radius 2 is 2.00 bits per heavy atom. The molecule has 0 bridgehead atoms. The summed E-state index contributed by atoms with van der Waals surface area (Å²) in [5.41, 5.74) is 0. The molecule has 0 atom stereocenters. The fourth-order valence-corrected chi connectivity index (χ4v) is 1.39. The smallest absolute Gasteiger partial charge is 0.0594 e. The Labute approximate surface area is 79.0 Å². The molecule has 3 nitrogen and oxygen atoms in total. The molecule has 72 valence electrons. The summed E-state index contributed by atoms with van der Waals surface area (Å²) in [6.45, 7) is 6.97. The average Bonchev–Trinajstić information content (AvgIpc) is 2.14. The molecule has 0 aromatic heterocycles. The summed E-state index contributed by atoms with van der Waals surface area (Å²) in [4.78, 5) is 2.41. The van der Waals surface area contributed by atoms with E-state index in [4.69, 9.17) is 16.3 Å². The molecule has 0 amide bonds. The van der Waals surface area contributed by atoms with Crippen LogP contribution in [0.25, 0.3) is 0 Å². The molecule has 1 aliphatic heterocycles. The Morgan fingerprint density at radius 3 is 2.67 bits per heavy atom. The molecule has 12 heavy (non-hydrogen) atoms. The molecule has 0 unspecified atom stereocenters. The van der Waals surface area contributed by atoms with Gasteiger partial charge in [-0.1, -0.05) is 0 Å². The zero-order valence-corrected chi connectivity index (χ0v) is 8.15. The Kier molecular flexibility index (Phi) is 5.69. The van der Waals surface area contributed by atoms with Crippen LogP contribution in [-0.4, -0.2) is 56.7 Å². The molecular formula is C8H17ClN2O. The van der Waals surface area contributed by atoms with Crippen molar-refractivity contribution in [1.29, 1.82) is 0 Å². The molecule has 0 radical (unpaired) electrons. The van der Waals surface area contributed by atoms with Crippen molar-refractivity contribution in [2.45, 2.75) is 0 Å². The highest BCUT2D eigenvalue weighted by Gasteiger charge is 2.08. The number of hydrogen-bond acceptors (Lipinski definition) is 3. The zero-order valence-electron chi connectivity index (χ0n) is 7.39. The Bertz CT molecular complexity index is 107. The van der Waals surface area contributed by atoms with E-state index in [1.807, 2.05) is 0 Å². The summed E-state index contributed by atoms with van der Waals surface area (Å²) in [5.74, 6) is 0.698. The second-order valence-corrected chi connectivity index (χ2v) is 3.27. The lowest BCUT2D eigenvalue weighted by molar-refractivity contribution is 0.0385. The van der Waals surface area contributed by atoms with Crippen LogP contribution < -0.4 is 5.32 Å². The summed E-state index contributed by atoms with van der Waals surface area (Å²) >= 11 is 5.53. The van der Waals surface area contributed by atoms with E-state index in [1.54, 1.807) is 0 Å². The van der Waals surface area contributed by atoms with Crippen LogP contribution in [0, 0.1) is 0 Å². The van der Waals surface area contributed by atoms with Crippen molar-refractivity contribution in [3.8, 4) is 0 Å². The van der Waals surface area contributed by atoms with E-state index in [0.717, 1.165) is 45.9 Å². The van der Waals surface area contributed by atoms with E-state index < -0.39 is 0 Å². The third-order valence-corrected chi connectivity index (χ3v) is 2.17. The van der Waals surface area contributed by atoms with Gasteiger partial charge in [-0.2, -0.15) is 0 Å². The van der Waals surface area contributed by atoms with Gasteiger partial charge in [0.05, 0.1) is 13.2 Å². The van der Waals surface area contributed by atoms with Crippen LogP contribution in [0.5, 0.6) is 0 Å². The van der Waals surface area contributed by atoms with Gasteiger partial charge in [-0.05, 0) is 0 Å². The summed E-state index contributed by atoms with van der Waals surface area (Å²) in [6.07, 6.45) is 0. The maximum atomic E-state index is 5.53. The molecule has 1 N–H and O–H groups in total. The first-order chi connectivity index (χ1) is 5.93. The molecule has 1 saturated heterocycles. The molecule has 1 heterocycles. The lowest BCUT2D eigenvalue weighted by atomic mass is 10.4. The maximum Gasteiger partial charge on any atom is 0.0594 e. The molecule has 1 fully saturated rings. The first kappa shape index (κ1) is 10.3. The fourth-order valence-electron chi connectivity index (χ4n) is 1.25. The Morgan fingerprint density at radius 1 is 1.25 bits per heavy atom. The van der Waals surface area contributed by atoms with Crippen molar-refractivity contribution in [3.63, 3.8) is 0 Å². The highest BCUT2D eigenvalue weighted by Crippen LogP contribution is 1.94. The minimum Gasteiger partial charge on any atom is -0.379 e. The standard InChI is InChI=1S/C8H17ClN2O/c9-1-2-10-3-4-11-5-7-12-8-6-11/h10H,1-8H2. The molecule has 0 aromatic rings. The SMILES string of the molecule is ClCCNCCN1CCOCC1. The van der Waals surface area contributed by atoms with Crippen molar-refractivity contribution in [1.82, 2.24) is 10.2 Å². The molecule has 0 spiro atoms. The first-order valence-corrected chi connectivity index (χ1v) is 5.03.